The highest BCUT2D eigenvalue weighted by atomic mass is 35.5. The topological polar surface area (TPSA) is 92.3 Å². The Kier molecular flexibility index (Phi) is 7.24. The van der Waals surface area contributed by atoms with Crippen LogP contribution in [-0.4, -0.2) is 24.0 Å². The number of amides is 3. The molecule has 0 spiro atoms. The largest absolute Gasteiger partial charge is 0.457 e. The van der Waals surface area contributed by atoms with E-state index >= 15 is 0 Å². The molecule has 2 aromatic carbocycles. The Morgan fingerprint density at radius 2 is 1.70 bits per heavy atom. The molecule has 0 aliphatic rings. The van der Waals surface area contributed by atoms with Crippen molar-refractivity contribution in [3.05, 3.63) is 89.7 Å². The van der Waals surface area contributed by atoms with Crippen LogP contribution in [-0.2, 0) is 5.92 Å². The van der Waals surface area contributed by atoms with Gasteiger partial charge in [-0.25, -0.2) is 4.79 Å². The van der Waals surface area contributed by atoms with Gasteiger partial charge in [-0.2, -0.15) is 8.78 Å². The zero-order valence-electron chi connectivity index (χ0n) is 17.4. The van der Waals surface area contributed by atoms with E-state index in [0.717, 1.165) is 6.07 Å². The lowest BCUT2D eigenvalue weighted by atomic mass is 10.1. The fourth-order valence-corrected chi connectivity index (χ4v) is 2.97. The van der Waals surface area contributed by atoms with Gasteiger partial charge >= 0.3 is 6.03 Å². The van der Waals surface area contributed by atoms with Crippen molar-refractivity contribution in [1.82, 2.24) is 10.3 Å². The Hall–Kier alpha value is -3.98. The van der Waals surface area contributed by atoms with E-state index in [1.54, 1.807) is 30.3 Å². The first-order valence-corrected chi connectivity index (χ1v) is 9.95. The minimum Gasteiger partial charge on any atom is -0.457 e. The zero-order chi connectivity index (χ0) is 24.0. The average Bonchev–Trinajstić information content (AvgIpc) is 2.81. The number of benzene rings is 2. The number of allylic oxidation sites excluding steroid dienone is 1. The number of halogens is 3. The summed E-state index contributed by atoms with van der Waals surface area (Å²) in [5.41, 5.74) is 0.319. The van der Waals surface area contributed by atoms with Crippen LogP contribution in [0.1, 0.15) is 16.1 Å². The number of rotatable bonds is 7. The molecule has 170 valence electrons. The van der Waals surface area contributed by atoms with Crippen LogP contribution in [0.15, 0.2) is 73.4 Å². The molecule has 3 aromatic rings. The number of carbonyl (C=O) groups excluding carboxylic acids is 2. The van der Waals surface area contributed by atoms with E-state index < -0.39 is 17.5 Å². The molecule has 0 atom stereocenters. The lowest BCUT2D eigenvalue weighted by molar-refractivity contribution is 0.0527. The van der Waals surface area contributed by atoms with Crippen LogP contribution in [0, 0.1) is 0 Å². The van der Waals surface area contributed by atoms with Crippen molar-refractivity contribution in [3.63, 3.8) is 0 Å². The highest BCUT2D eigenvalue weighted by Gasteiger charge is 2.30. The number of alkyl halides is 2. The average molecular weight is 473 g/mol. The molecule has 0 aliphatic heterocycles. The van der Waals surface area contributed by atoms with E-state index in [4.69, 9.17) is 16.3 Å². The highest BCUT2D eigenvalue weighted by molar-refractivity contribution is 6.31. The van der Waals surface area contributed by atoms with Gasteiger partial charge in [-0.3, -0.25) is 9.78 Å². The maximum Gasteiger partial charge on any atom is 0.323 e. The number of hydrogen-bond acceptors (Lipinski definition) is 4. The third-order valence-electron chi connectivity index (χ3n) is 4.38. The van der Waals surface area contributed by atoms with Crippen LogP contribution in [0.2, 0.25) is 5.02 Å². The van der Waals surface area contributed by atoms with Gasteiger partial charge in [0, 0.05) is 36.2 Å². The minimum absolute atomic E-state index is 0.137. The molecule has 0 aliphatic carbocycles. The first kappa shape index (κ1) is 23.7. The highest BCUT2D eigenvalue weighted by Crippen LogP contribution is 2.36. The third-order valence-corrected chi connectivity index (χ3v) is 4.71. The Morgan fingerprint density at radius 3 is 2.36 bits per heavy atom. The van der Waals surface area contributed by atoms with Crippen LogP contribution in [0.4, 0.5) is 25.0 Å². The van der Waals surface area contributed by atoms with Gasteiger partial charge in [0.2, 0.25) is 0 Å². The summed E-state index contributed by atoms with van der Waals surface area (Å²) < 4.78 is 33.5. The van der Waals surface area contributed by atoms with E-state index in [0.29, 0.717) is 23.3 Å². The van der Waals surface area contributed by atoms with Crippen LogP contribution in [0.5, 0.6) is 11.5 Å². The van der Waals surface area contributed by atoms with Crippen molar-refractivity contribution >= 4 is 34.9 Å². The Labute approximate surface area is 193 Å². The molecular weight excluding hydrogens is 454 g/mol. The molecule has 0 unspecified atom stereocenters. The molecule has 7 nitrogen and oxygen atoms in total. The second-order valence-corrected chi connectivity index (χ2v) is 7.09. The van der Waals surface area contributed by atoms with Crippen LogP contribution < -0.4 is 20.7 Å². The maximum absolute atomic E-state index is 13.9. The standard InChI is InChI=1S/C23H19ClF2N4O3/c1-3-23(25,26)18-12-15(6-9-19(18)24)30-22(32)29-14-4-7-16(8-5-14)33-17-10-11-28-20(13-17)21(31)27-2/h3-13H,1H2,2H3,(H,27,31)(H2,29,30,32). The summed E-state index contributed by atoms with van der Waals surface area (Å²) in [5.74, 6) is -2.80. The number of hydrogen-bond donors (Lipinski definition) is 3. The van der Waals surface area contributed by atoms with Gasteiger partial charge in [0.05, 0.1) is 5.02 Å². The zero-order valence-corrected chi connectivity index (χ0v) is 18.1. The van der Waals surface area contributed by atoms with Gasteiger partial charge in [0.25, 0.3) is 11.8 Å². The van der Waals surface area contributed by atoms with Crippen LogP contribution >= 0.6 is 11.6 Å². The lowest BCUT2D eigenvalue weighted by Crippen LogP contribution is -2.20. The van der Waals surface area contributed by atoms with E-state index in [9.17, 15) is 18.4 Å². The fourth-order valence-electron chi connectivity index (χ4n) is 2.73. The van der Waals surface area contributed by atoms with Gasteiger partial charge in [0.15, 0.2) is 0 Å². The van der Waals surface area contributed by atoms with Crippen molar-refractivity contribution < 1.29 is 23.1 Å². The predicted molar refractivity (Wildman–Crippen MR) is 122 cm³/mol. The number of urea groups is 1. The second-order valence-electron chi connectivity index (χ2n) is 6.68. The van der Waals surface area contributed by atoms with Crippen molar-refractivity contribution in [3.8, 4) is 11.5 Å². The third kappa shape index (κ3) is 6.05. The number of pyridine rings is 1. The van der Waals surface area contributed by atoms with E-state index in [2.05, 4.69) is 27.5 Å². The van der Waals surface area contributed by atoms with Crippen LogP contribution in [0.25, 0.3) is 0 Å². The normalized spacial score (nSPS) is 10.8. The smallest absolute Gasteiger partial charge is 0.323 e. The molecule has 0 bridgehead atoms. The molecule has 0 saturated carbocycles. The number of nitrogens with zero attached hydrogens (tertiary/aromatic N) is 1. The first-order valence-electron chi connectivity index (χ1n) is 9.57. The summed E-state index contributed by atoms with van der Waals surface area (Å²) in [5, 5.41) is 7.41. The molecular formula is C23H19ClF2N4O3. The van der Waals surface area contributed by atoms with Gasteiger partial charge in [-0.05, 0) is 54.6 Å². The predicted octanol–water partition coefficient (Wildman–Crippen LogP) is 5.81. The molecule has 3 rings (SSSR count). The van der Waals surface area contributed by atoms with Crippen molar-refractivity contribution in [2.75, 3.05) is 17.7 Å². The summed E-state index contributed by atoms with van der Waals surface area (Å²) in [4.78, 5) is 27.9. The molecule has 33 heavy (non-hydrogen) atoms. The van der Waals surface area contributed by atoms with Gasteiger partial charge in [0.1, 0.15) is 17.2 Å². The molecule has 3 amide bonds. The number of aromatic nitrogens is 1. The molecule has 1 heterocycles. The second kappa shape index (κ2) is 10.1. The molecule has 10 heteroatoms. The lowest BCUT2D eigenvalue weighted by Gasteiger charge is -2.15. The molecule has 3 N–H and O–H groups in total. The first-order chi connectivity index (χ1) is 15.7. The molecule has 0 radical (unpaired) electrons. The Bertz CT molecular complexity index is 1190. The number of nitrogens with one attached hydrogen (secondary N) is 3. The summed E-state index contributed by atoms with van der Waals surface area (Å²) >= 11 is 5.84. The Morgan fingerprint density at radius 1 is 1.03 bits per heavy atom. The van der Waals surface area contributed by atoms with E-state index in [1.165, 1.54) is 31.4 Å². The van der Waals surface area contributed by atoms with E-state index in [1.807, 2.05) is 0 Å². The summed E-state index contributed by atoms with van der Waals surface area (Å²) in [7, 11) is 1.50. The summed E-state index contributed by atoms with van der Waals surface area (Å²) in [6.07, 6.45) is 1.93. The number of ether oxygens (including phenoxy) is 1. The van der Waals surface area contributed by atoms with Crippen molar-refractivity contribution in [1.29, 1.82) is 0 Å². The maximum atomic E-state index is 13.9. The Balaban J connectivity index is 1.64. The van der Waals surface area contributed by atoms with Gasteiger partial charge in [-0.15, -0.1) is 0 Å². The summed E-state index contributed by atoms with van der Waals surface area (Å²) in [6.45, 7) is 3.11. The van der Waals surface area contributed by atoms with E-state index in [-0.39, 0.29) is 22.3 Å². The minimum atomic E-state index is -3.34. The fraction of sp³-hybridized carbons (Fsp3) is 0.0870. The monoisotopic (exact) mass is 472 g/mol. The van der Waals surface area contributed by atoms with Gasteiger partial charge < -0.3 is 20.7 Å². The molecule has 0 saturated heterocycles. The van der Waals surface area contributed by atoms with Crippen LogP contribution in [0.3, 0.4) is 0 Å². The number of carbonyl (C=O) groups is 2. The molecule has 0 fully saturated rings. The van der Waals surface area contributed by atoms with Crippen molar-refractivity contribution in [2.24, 2.45) is 0 Å². The summed E-state index contributed by atoms with van der Waals surface area (Å²) in [6, 6.07) is 12.6. The number of anilines is 2. The van der Waals surface area contributed by atoms with Gasteiger partial charge in [-0.1, -0.05) is 18.2 Å². The quantitative estimate of drug-likeness (QED) is 0.378. The SMILES string of the molecule is C=CC(F)(F)c1cc(NC(=O)Nc2ccc(Oc3ccnc(C(=O)NC)c3)cc2)ccc1Cl. The molecule has 1 aromatic heterocycles. The van der Waals surface area contributed by atoms with Crippen molar-refractivity contribution in [2.45, 2.75) is 5.92 Å².